The summed E-state index contributed by atoms with van der Waals surface area (Å²) in [6.07, 6.45) is 0.672. The molecule has 0 atom stereocenters. The highest BCUT2D eigenvalue weighted by Crippen LogP contribution is 2.11. The van der Waals surface area contributed by atoms with Crippen molar-refractivity contribution in [1.82, 2.24) is 5.32 Å². The Balaban J connectivity index is 2.57. The zero-order valence-corrected chi connectivity index (χ0v) is 12.2. The van der Waals surface area contributed by atoms with Crippen LogP contribution in [-0.4, -0.2) is 29.1 Å². The van der Waals surface area contributed by atoms with Gasteiger partial charge in [0.15, 0.2) is 0 Å². The number of carbonyl (C=O) groups excluding carboxylic acids is 2. The number of anilines is 1. The zero-order chi connectivity index (χ0) is 15.2. The van der Waals surface area contributed by atoms with Gasteiger partial charge in [-0.15, -0.1) is 0 Å². The Hall–Kier alpha value is -1.88. The Kier molecular flexibility index (Phi) is 5.70. The number of aliphatic hydroxyl groups excluding tert-OH is 1. The van der Waals surface area contributed by atoms with Crippen molar-refractivity contribution in [3.05, 3.63) is 29.8 Å². The van der Waals surface area contributed by atoms with Gasteiger partial charge in [0.2, 0.25) is 11.8 Å². The first-order chi connectivity index (χ1) is 9.36. The Morgan fingerprint density at radius 3 is 2.25 bits per heavy atom. The fourth-order valence-corrected chi connectivity index (χ4v) is 1.60. The first-order valence-electron chi connectivity index (χ1n) is 6.67. The van der Waals surface area contributed by atoms with Crippen LogP contribution in [0.2, 0.25) is 0 Å². The van der Waals surface area contributed by atoms with Gasteiger partial charge in [-0.25, -0.2) is 0 Å². The van der Waals surface area contributed by atoms with E-state index in [-0.39, 0.29) is 24.8 Å². The summed E-state index contributed by atoms with van der Waals surface area (Å²) in [5.74, 6) is -0.186. The average Bonchev–Trinajstić information content (AvgIpc) is 2.40. The summed E-state index contributed by atoms with van der Waals surface area (Å²) in [5, 5.41) is 14.6. The predicted octanol–water partition coefficient (Wildman–Crippen LogP) is 1.46. The van der Waals surface area contributed by atoms with E-state index in [1.807, 2.05) is 0 Å². The van der Waals surface area contributed by atoms with Crippen molar-refractivity contribution in [2.24, 2.45) is 0 Å². The van der Waals surface area contributed by atoms with Gasteiger partial charge >= 0.3 is 0 Å². The molecule has 0 unspecified atom stereocenters. The molecule has 0 saturated carbocycles. The van der Waals surface area contributed by atoms with E-state index in [9.17, 15) is 9.59 Å². The van der Waals surface area contributed by atoms with Crippen LogP contribution in [0.25, 0.3) is 0 Å². The Bertz CT molecular complexity index is 467. The first kappa shape index (κ1) is 16.2. The normalized spacial score (nSPS) is 11.0. The lowest BCUT2D eigenvalue weighted by Crippen LogP contribution is -2.46. The fraction of sp³-hybridized carbons (Fsp3) is 0.467. The van der Waals surface area contributed by atoms with Crippen molar-refractivity contribution in [2.45, 2.75) is 39.2 Å². The molecule has 3 N–H and O–H groups in total. The summed E-state index contributed by atoms with van der Waals surface area (Å²) < 4.78 is 0. The molecule has 20 heavy (non-hydrogen) atoms. The third kappa shape index (κ3) is 5.40. The number of carbonyl (C=O) groups is 2. The molecule has 5 heteroatoms. The van der Waals surface area contributed by atoms with Gasteiger partial charge in [0.05, 0.1) is 18.6 Å². The third-order valence-corrected chi connectivity index (χ3v) is 2.80. The van der Waals surface area contributed by atoms with Crippen molar-refractivity contribution in [2.75, 3.05) is 11.9 Å². The highest BCUT2D eigenvalue weighted by Gasteiger charge is 2.18. The molecule has 5 nitrogen and oxygen atoms in total. The molecule has 0 aromatic heterocycles. The topological polar surface area (TPSA) is 78.4 Å². The second kappa shape index (κ2) is 7.05. The number of hydrogen-bond acceptors (Lipinski definition) is 3. The number of amides is 2. The van der Waals surface area contributed by atoms with E-state index in [0.717, 1.165) is 11.3 Å². The summed E-state index contributed by atoms with van der Waals surface area (Å²) in [6, 6.07) is 7.15. The standard InChI is InChI=1S/C15H22N2O3/c1-4-13(19)16-12-7-5-11(6-8-12)9-14(20)17-15(2,3)10-18/h5-8,18H,4,9-10H2,1-3H3,(H,16,19)(H,17,20). The van der Waals surface area contributed by atoms with Gasteiger partial charge in [-0.05, 0) is 31.5 Å². The van der Waals surface area contributed by atoms with E-state index in [0.29, 0.717) is 6.42 Å². The number of hydrogen-bond donors (Lipinski definition) is 3. The first-order valence-corrected chi connectivity index (χ1v) is 6.67. The zero-order valence-electron chi connectivity index (χ0n) is 12.2. The molecule has 0 spiro atoms. The van der Waals surface area contributed by atoms with Crippen LogP contribution in [0.1, 0.15) is 32.8 Å². The lowest BCUT2D eigenvalue weighted by molar-refractivity contribution is -0.122. The molecule has 0 saturated heterocycles. The van der Waals surface area contributed by atoms with Crippen molar-refractivity contribution in [3.63, 3.8) is 0 Å². The second-order valence-electron chi connectivity index (χ2n) is 5.37. The SMILES string of the molecule is CCC(=O)Nc1ccc(CC(=O)NC(C)(C)CO)cc1. The number of aliphatic hydroxyl groups is 1. The van der Waals surface area contributed by atoms with Crippen LogP contribution >= 0.6 is 0 Å². The number of nitrogens with one attached hydrogen (secondary N) is 2. The highest BCUT2D eigenvalue weighted by atomic mass is 16.3. The molecule has 0 heterocycles. The fourth-order valence-electron chi connectivity index (χ4n) is 1.60. The highest BCUT2D eigenvalue weighted by molar-refractivity contribution is 5.90. The summed E-state index contributed by atoms with van der Waals surface area (Å²) in [5.41, 5.74) is 0.953. The van der Waals surface area contributed by atoms with Crippen LogP contribution in [-0.2, 0) is 16.0 Å². The van der Waals surface area contributed by atoms with Crippen LogP contribution in [0.4, 0.5) is 5.69 Å². The maximum absolute atomic E-state index is 11.8. The van der Waals surface area contributed by atoms with E-state index in [2.05, 4.69) is 10.6 Å². The van der Waals surface area contributed by atoms with E-state index in [1.165, 1.54) is 0 Å². The van der Waals surface area contributed by atoms with E-state index < -0.39 is 5.54 Å². The number of benzene rings is 1. The predicted molar refractivity (Wildman–Crippen MR) is 78.4 cm³/mol. The minimum Gasteiger partial charge on any atom is -0.394 e. The molecule has 0 aliphatic carbocycles. The molecule has 1 rings (SSSR count). The van der Waals surface area contributed by atoms with Crippen molar-refractivity contribution >= 4 is 17.5 Å². The minimum atomic E-state index is -0.619. The van der Waals surface area contributed by atoms with Gasteiger partial charge in [-0.1, -0.05) is 19.1 Å². The van der Waals surface area contributed by atoms with Gasteiger partial charge in [0, 0.05) is 12.1 Å². The third-order valence-electron chi connectivity index (χ3n) is 2.80. The van der Waals surface area contributed by atoms with Crippen LogP contribution in [0.5, 0.6) is 0 Å². The molecular formula is C15H22N2O3. The molecule has 0 aliphatic rings. The van der Waals surface area contributed by atoms with Gasteiger partial charge in [0.1, 0.15) is 0 Å². The average molecular weight is 278 g/mol. The monoisotopic (exact) mass is 278 g/mol. The largest absolute Gasteiger partial charge is 0.394 e. The molecule has 2 amide bonds. The molecular weight excluding hydrogens is 256 g/mol. The van der Waals surface area contributed by atoms with Gasteiger partial charge in [-0.2, -0.15) is 0 Å². The lowest BCUT2D eigenvalue weighted by atomic mass is 10.1. The Morgan fingerprint density at radius 2 is 1.75 bits per heavy atom. The van der Waals surface area contributed by atoms with Crippen LogP contribution < -0.4 is 10.6 Å². The molecule has 0 fully saturated rings. The maximum Gasteiger partial charge on any atom is 0.224 e. The van der Waals surface area contributed by atoms with Crippen molar-refractivity contribution in [3.8, 4) is 0 Å². The Morgan fingerprint density at radius 1 is 1.15 bits per heavy atom. The van der Waals surface area contributed by atoms with E-state index in [1.54, 1.807) is 45.0 Å². The van der Waals surface area contributed by atoms with Crippen molar-refractivity contribution in [1.29, 1.82) is 0 Å². The summed E-state index contributed by atoms with van der Waals surface area (Å²) >= 11 is 0. The van der Waals surface area contributed by atoms with E-state index >= 15 is 0 Å². The number of rotatable bonds is 6. The quantitative estimate of drug-likeness (QED) is 0.737. The molecule has 0 radical (unpaired) electrons. The second-order valence-corrected chi connectivity index (χ2v) is 5.37. The van der Waals surface area contributed by atoms with Gasteiger partial charge in [0.25, 0.3) is 0 Å². The smallest absolute Gasteiger partial charge is 0.224 e. The molecule has 0 bridgehead atoms. The molecule has 1 aromatic rings. The van der Waals surface area contributed by atoms with Crippen LogP contribution in [0.3, 0.4) is 0 Å². The van der Waals surface area contributed by atoms with Crippen molar-refractivity contribution < 1.29 is 14.7 Å². The van der Waals surface area contributed by atoms with Crippen LogP contribution in [0, 0.1) is 0 Å². The Labute approximate surface area is 119 Å². The van der Waals surface area contributed by atoms with E-state index in [4.69, 9.17) is 5.11 Å². The van der Waals surface area contributed by atoms with Crippen LogP contribution in [0.15, 0.2) is 24.3 Å². The summed E-state index contributed by atoms with van der Waals surface area (Å²) in [6.45, 7) is 5.19. The molecule has 1 aromatic carbocycles. The minimum absolute atomic E-state index is 0.0415. The molecule has 110 valence electrons. The summed E-state index contributed by atoms with van der Waals surface area (Å²) in [7, 11) is 0. The van der Waals surface area contributed by atoms with Gasteiger partial charge in [-0.3, -0.25) is 9.59 Å². The summed E-state index contributed by atoms with van der Waals surface area (Å²) in [4.78, 5) is 23.0. The maximum atomic E-state index is 11.8. The van der Waals surface area contributed by atoms with Gasteiger partial charge < -0.3 is 15.7 Å². The lowest BCUT2D eigenvalue weighted by Gasteiger charge is -2.23. The molecule has 0 aliphatic heterocycles.